The van der Waals surface area contributed by atoms with Gasteiger partial charge in [-0.3, -0.25) is 14.2 Å². The number of aromatic nitrogens is 1. The van der Waals surface area contributed by atoms with Crippen LogP contribution in [0.4, 0.5) is 0 Å². The molecule has 1 aromatic heterocycles. The molecule has 0 radical (unpaired) electrons. The number of hydrogen-bond acceptors (Lipinski definition) is 2. The van der Waals surface area contributed by atoms with E-state index in [0.29, 0.717) is 28.6 Å². The average molecular weight is 307 g/mol. The van der Waals surface area contributed by atoms with E-state index in [1.165, 1.54) is 11.5 Å². The Morgan fingerprint density at radius 2 is 2.05 bits per heavy atom. The summed E-state index contributed by atoms with van der Waals surface area (Å²) in [6.45, 7) is 6.29. The second kappa shape index (κ2) is 6.31. The molecule has 5 heteroatoms. The van der Waals surface area contributed by atoms with Crippen molar-refractivity contribution in [1.82, 2.24) is 9.88 Å². The Morgan fingerprint density at radius 1 is 1.33 bits per heavy atom. The Morgan fingerprint density at radius 3 is 2.67 bits per heavy atom. The molecule has 1 amide bonds. The topological polar surface area (TPSA) is 51.1 Å². The highest BCUT2D eigenvalue weighted by Gasteiger charge is 2.16. The molecular formula is C16H19ClN2O2. The second-order valence-corrected chi connectivity index (χ2v) is 5.97. The van der Waals surface area contributed by atoms with Crippen LogP contribution in [0, 0.1) is 5.92 Å². The number of carbonyl (C=O) groups is 2. The maximum atomic E-state index is 12.3. The smallest absolute Gasteiger partial charge is 0.253 e. The lowest BCUT2D eigenvalue weighted by Gasteiger charge is -2.06. The standard InChI is InChI=1S/C16H19ClN2O2/c1-10(2)6-7-18-16(21)14-9-19(11(3)20)15-8-12(17)4-5-13(14)15/h4-5,8-10H,6-7H2,1-3H3,(H,18,21). The zero-order valence-electron chi connectivity index (χ0n) is 12.4. The van der Waals surface area contributed by atoms with Gasteiger partial charge in [0.25, 0.3) is 5.91 Å². The lowest BCUT2D eigenvalue weighted by Crippen LogP contribution is -2.25. The van der Waals surface area contributed by atoms with Crippen molar-refractivity contribution in [2.45, 2.75) is 27.2 Å². The molecule has 0 aliphatic carbocycles. The zero-order chi connectivity index (χ0) is 15.6. The predicted molar refractivity (Wildman–Crippen MR) is 85.0 cm³/mol. The lowest BCUT2D eigenvalue weighted by molar-refractivity contribution is 0.0941. The highest BCUT2D eigenvalue weighted by molar-refractivity contribution is 6.31. The summed E-state index contributed by atoms with van der Waals surface area (Å²) in [6.07, 6.45) is 2.50. The molecular weight excluding hydrogens is 288 g/mol. The van der Waals surface area contributed by atoms with Crippen LogP contribution >= 0.6 is 11.6 Å². The van der Waals surface area contributed by atoms with Gasteiger partial charge in [0.15, 0.2) is 0 Å². The van der Waals surface area contributed by atoms with Gasteiger partial charge in [-0.15, -0.1) is 0 Å². The van der Waals surface area contributed by atoms with Crippen molar-refractivity contribution in [3.63, 3.8) is 0 Å². The maximum Gasteiger partial charge on any atom is 0.253 e. The fraction of sp³-hybridized carbons (Fsp3) is 0.375. The van der Waals surface area contributed by atoms with E-state index in [2.05, 4.69) is 19.2 Å². The molecule has 0 aliphatic heterocycles. The molecule has 0 spiro atoms. The van der Waals surface area contributed by atoms with Gasteiger partial charge in [0, 0.05) is 30.1 Å². The first kappa shape index (κ1) is 15.6. The van der Waals surface area contributed by atoms with Crippen molar-refractivity contribution in [3.05, 3.63) is 35.0 Å². The summed E-state index contributed by atoms with van der Waals surface area (Å²) in [4.78, 5) is 24.0. The second-order valence-electron chi connectivity index (χ2n) is 5.53. The van der Waals surface area contributed by atoms with Crippen molar-refractivity contribution in [2.75, 3.05) is 6.54 Å². The van der Waals surface area contributed by atoms with Crippen molar-refractivity contribution < 1.29 is 9.59 Å². The van der Waals surface area contributed by atoms with Crippen LogP contribution < -0.4 is 5.32 Å². The Labute approximate surface area is 129 Å². The highest BCUT2D eigenvalue weighted by Crippen LogP contribution is 2.25. The fourth-order valence-electron chi connectivity index (χ4n) is 2.21. The number of carbonyl (C=O) groups excluding carboxylic acids is 2. The molecule has 1 N–H and O–H groups in total. The number of benzene rings is 1. The van der Waals surface area contributed by atoms with E-state index in [0.717, 1.165) is 11.8 Å². The first-order chi connectivity index (χ1) is 9.90. The van der Waals surface area contributed by atoms with Gasteiger partial charge in [-0.1, -0.05) is 31.5 Å². The Balaban J connectivity index is 2.35. The van der Waals surface area contributed by atoms with Gasteiger partial charge < -0.3 is 5.32 Å². The van der Waals surface area contributed by atoms with Crippen molar-refractivity contribution in [3.8, 4) is 0 Å². The molecule has 21 heavy (non-hydrogen) atoms. The van der Waals surface area contributed by atoms with Gasteiger partial charge in [0.1, 0.15) is 0 Å². The third kappa shape index (κ3) is 3.45. The molecule has 0 fully saturated rings. The molecule has 0 bridgehead atoms. The van der Waals surface area contributed by atoms with E-state index in [9.17, 15) is 9.59 Å². The van der Waals surface area contributed by atoms with E-state index in [1.807, 2.05) is 0 Å². The van der Waals surface area contributed by atoms with Crippen LogP contribution in [-0.4, -0.2) is 22.9 Å². The molecule has 2 aromatic rings. The molecule has 1 heterocycles. The van der Waals surface area contributed by atoms with E-state index in [-0.39, 0.29) is 11.8 Å². The third-order valence-electron chi connectivity index (χ3n) is 3.36. The highest BCUT2D eigenvalue weighted by atomic mass is 35.5. The summed E-state index contributed by atoms with van der Waals surface area (Å²) in [5, 5.41) is 4.16. The quantitative estimate of drug-likeness (QED) is 0.935. The average Bonchev–Trinajstić information content (AvgIpc) is 2.76. The van der Waals surface area contributed by atoms with Crippen LogP contribution in [0.3, 0.4) is 0 Å². The lowest BCUT2D eigenvalue weighted by atomic mass is 10.1. The van der Waals surface area contributed by atoms with Gasteiger partial charge in [-0.25, -0.2) is 0 Å². The molecule has 1 aromatic carbocycles. The minimum absolute atomic E-state index is 0.150. The molecule has 2 rings (SSSR count). The molecule has 0 saturated heterocycles. The van der Waals surface area contributed by atoms with Gasteiger partial charge in [0.2, 0.25) is 5.91 Å². The molecule has 0 unspecified atom stereocenters. The SMILES string of the molecule is CC(=O)n1cc(C(=O)NCCC(C)C)c2ccc(Cl)cc21. The summed E-state index contributed by atoms with van der Waals surface area (Å²) >= 11 is 5.98. The molecule has 0 atom stereocenters. The summed E-state index contributed by atoms with van der Waals surface area (Å²) in [5.74, 6) is 0.217. The van der Waals surface area contributed by atoms with Crippen LogP contribution in [-0.2, 0) is 0 Å². The van der Waals surface area contributed by atoms with E-state index < -0.39 is 0 Å². The summed E-state index contributed by atoms with van der Waals surface area (Å²) < 4.78 is 1.46. The van der Waals surface area contributed by atoms with Crippen molar-refractivity contribution in [1.29, 1.82) is 0 Å². The van der Waals surface area contributed by atoms with Crippen molar-refractivity contribution >= 4 is 34.3 Å². The number of amides is 1. The van der Waals surface area contributed by atoms with E-state index >= 15 is 0 Å². The van der Waals surface area contributed by atoms with Crippen LogP contribution in [0.1, 0.15) is 42.3 Å². The van der Waals surface area contributed by atoms with Crippen molar-refractivity contribution in [2.24, 2.45) is 5.92 Å². The van der Waals surface area contributed by atoms with E-state index in [4.69, 9.17) is 11.6 Å². The largest absolute Gasteiger partial charge is 0.352 e. The molecule has 112 valence electrons. The first-order valence-electron chi connectivity index (χ1n) is 7.00. The normalized spacial score (nSPS) is 11.1. The number of halogens is 1. The fourth-order valence-corrected chi connectivity index (χ4v) is 2.38. The minimum Gasteiger partial charge on any atom is -0.352 e. The van der Waals surface area contributed by atoms with Crippen LogP contribution in [0.5, 0.6) is 0 Å². The first-order valence-corrected chi connectivity index (χ1v) is 7.37. The van der Waals surface area contributed by atoms with Crippen LogP contribution in [0.2, 0.25) is 5.02 Å². The summed E-state index contributed by atoms with van der Waals surface area (Å²) in [7, 11) is 0. The van der Waals surface area contributed by atoms with Crippen LogP contribution in [0.25, 0.3) is 10.9 Å². The zero-order valence-corrected chi connectivity index (χ0v) is 13.2. The Kier molecular flexibility index (Phi) is 4.68. The monoisotopic (exact) mass is 306 g/mol. The Hall–Kier alpha value is -1.81. The molecule has 0 aliphatic rings. The van der Waals surface area contributed by atoms with Gasteiger partial charge in [0.05, 0.1) is 11.1 Å². The Bertz CT molecular complexity index is 689. The third-order valence-corrected chi connectivity index (χ3v) is 3.59. The van der Waals surface area contributed by atoms with E-state index in [1.54, 1.807) is 24.4 Å². The molecule has 4 nitrogen and oxygen atoms in total. The maximum absolute atomic E-state index is 12.3. The number of fused-ring (bicyclic) bond motifs is 1. The van der Waals surface area contributed by atoms with Gasteiger partial charge >= 0.3 is 0 Å². The number of hydrogen-bond donors (Lipinski definition) is 1. The summed E-state index contributed by atoms with van der Waals surface area (Å²) in [5.41, 5.74) is 1.16. The van der Waals surface area contributed by atoms with Crippen LogP contribution in [0.15, 0.2) is 24.4 Å². The molecule has 0 saturated carbocycles. The number of nitrogens with zero attached hydrogens (tertiary/aromatic N) is 1. The van der Waals surface area contributed by atoms with Gasteiger partial charge in [-0.2, -0.15) is 0 Å². The number of nitrogens with one attached hydrogen (secondary N) is 1. The predicted octanol–water partition coefficient (Wildman–Crippen LogP) is 3.73. The minimum atomic E-state index is -0.164. The van der Waals surface area contributed by atoms with Gasteiger partial charge in [-0.05, 0) is 24.5 Å². The summed E-state index contributed by atoms with van der Waals surface area (Å²) in [6, 6.07) is 5.19. The number of rotatable bonds is 4.